The Kier molecular flexibility index (Phi) is 4.07. The Labute approximate surface area is 110 Å². The molecular weight excluding hydrogens is 204 g/mol. The van der Waals surface area contributed by atoms with Crippen LogP contribution in [0.3, 0.4) is 0 Å². The first-order valence-corrected chi connectivity index (χ1v) is 7.62. The molecule has 17 heavy (non-hydrogen) atoms. The number of hydrogen-bond donors (Lipinski definition) is 0. The Balaban J connectivity index is 3.22. The maximum Gasteiger partial charge on any atom is -0.0269 e. The smallest absolute Gasteiger partial charge is 0.0269 e. The zero-order chi connectivity index (χ0) is 13.5. The van der Waals surface area contributed by atoms with Crippen molar-refractivity contribution in [2.24, 2.45) is 28.1 Å². The van der Waals surface area contributed by atoms with Crippen molar-refractivity contribution in [2.75, 3.05) is 0 Å². The van der Waals surface area contributed by atoms with Crippen LogP contribution in [0, 0.1) is 28.1 Å². The average Bonchev–Trinajstić information content (AvgIpc) is 2.29. The Morgan fingerprint density at radius 1 is 0.941 bits per heavy atom. The molecule has 102 valence electrons. The molecule has 1 aliphatic carbocycles. The molecule has 0 aliphatic heterocycles. The van der Waals surface area contributed by atoms with E-state index in [4.69, 9.17) is 0 Å². The van der Waals surface area contributed by atoms with Gasteiger partial charge in [-0.1, -0.05) is 68.2 Å². The van der Waals surface area contributed by atoms with Gasteiger partial charge in [-0.15, -0.1) is 0 Å². The van der Waals surface area contributed by atoms with Crippen LogP contribution in [0.1, 0.15) is 81.1 Å². The standard InChI is InChI=1S/C17H34/c1-9-14-13(3)15(4,5)11-12-17(8,10-2)16(14,6)7/h13-14H,9-12H2,1-8H3. The molecule has 0 heterocycles. The average molecular weight is 238 g/mol. The van der Waals surface area contributed by atoms with Crippen molar-refractivity contribution in [3.05, 3.63) is 0 Å². The first kappa shape index (κ1) is 15.1. The molecule has 0 N–H and O–H groups in total. The third-order valence-corrected chi connectivity index (χ3v) is 6.86. The van der Waals surface area contributed by atoms with E-state index in [1.807, 2.05) is 0 Å². The van der Waals surface area contributed by atoms with Gasteiger partial charge in [0.25, 0.3) is 0 Å². The summed E-state index contributed by atoms with van der Waals surface area (Å²) in [6, 6.07) is 0. The van der Waals surface area contributed by atoms with Crippen LogP contribution < -0.4 is 0 Å². The number of hydrogen-bond acceptors (Lipinski definition) is 0. The minimum atomic E-state index is 0.462. The van der Waals surface area contributed by atoms with E-state index in [-0.39, 0.29) is 0 Å². The van der Waals surface area contributed by atoms with Crippen LogP contribution in [0.15, 0.2) is 0 Å². The Hall–Kier alpha value is 0. The molecule has 0 nitrogen and oxygen atoms in total. The van der Waals surface area contributed by atoms with Crippen LogP contribution >= 0.6 is 0 Å². The van der Waals surface area contributed by atoms with Gasteiger partial charge in [0.05, 0.1) is 0 Å². The molecule has 3 unspecified atom stereocenters. The highest BCUT2D eigenvalue weighted by Crippen LogP contribution is 2.60. The van der Waals surface area contributed by atoms with Gasteiger partial charge in [-0.25, -0.2) is 0 Å². The molecule has 1 aliphatic rings. The molecule has 1 saturated carbocycles. The van der Waals surface area contributed by atoms with Crippen molar-refractivity contribution < 1.29 is 0 Å². The summed E-state index contributed by atoms with van der Waals surface area (Å²) >= 11 is 0. The van der Waals surface area contributed by atoms with Crippen LogP contribution in [-0.4, -0.2) is 0 Å². The van der Waals surface area contributed by atoms with Gasteiger partial charge in [0.2, 0.25) is 0 Å². The van der Waals surface area contributed by atoms with Crippen molar-refractivity contribution in [3.63, 3.8) is 0 Å². The van der Waals surface area contributed by atoms with E-state index >= 15 is 0 Å². The highest BCUT2D eigenvalue weighted by atomic mass is 14.6. The zero-order valence-electron chi connectivity index (χ0n) is 13.5. The Bertz CT molecular complexity index is 261. The second-order valence-corrected chi connectivity index (χ2v) is 7.93. The molecule has 1 rings (SSSR count). The van der Waals surface area contributed by atoms with Crippen molar-refractivity contribution in [1.29, 1.82) is 0 Å². The fraction of sp³-hybridized carbons (Fsp3) is 1.00. The summed E-state index contributed by atoms with van der Waals surface area (Å²) in [5.41, 5.74) is 1.48. The Morgan fingerprint density at radius 3 is 1.88 bits per heavy atom. The molecule has 0 spiro atoms. The lowest BCUT2D eigenvalue weighted by molar-refractivity contribution is -0.00557. The molecule has 3 atom stereocenters. The monoisotopic (exact) mass is 238 g/mol. The first-order chi connectivity index (χ1) is 7.62. The second kappa shape index (κ2) is 4.59. The van der Waals surface area contributed by atoms with Gasteiger partial charge in [-0.05, 0) is 40.9 Å². The molecule has 0 amide bonds. The van der Waals surface area contributed by atoms with Crippen LogP contribution in [0.25, 0.3) is 0 Å². The topological polar surface area (TPSA) is 0 Å². The van der Waals surface area contributed by atoms with Crippen LogP contribution in [0.2, 0.25) is 0 Å². The van der Waals surface area contributed by atoms with Gasteiger partial charge in [0, 0.05) is 0 Å². The molecule has 0 aromatic heterocycles. The van der Waals surface area contributed by atoms with Gasteiger partial charge >= 0.3 is 0 Å². The molecule has 0 aromatic carbocycles. The molecule has 1 fully saturated rings. The molecular formula is C17H34. The van der Waals surface area contributed by atoms with E-state index in [9.17, 15) is 0 Å². The maximum atomic E-state index is 2.53. The van der Waals surface area contributed by atoms with Crippen LogP contribution in [-0.2, 0) is 0 Å². The lowest BCUT2D eigenvalue weighted by Gasteiger charge is -2.49. The zero-order valence-corrected chi connectivity index (χ0v) is 13.5. The largest absolute Gasteiger partial charge is 0.0651 e. The lowest BCUT2D eigenvalue weighted by Crippen LogP contribution is -2.42. The SMILES string of the molecule is CCC1C(C)C(C)(C)CCC(C)(CC)C1(C)C. The minimum absolute atomic E-state index is 0.462. The molecule has 0 saturated heterocycles. The van der Waals surface area contributed by atoms with E-state index < -0.39 is 0 Å². The molecule has 0 bridgehead atoms. The molecule has 0 aromatic rings. The van der Waals surface area contributed by atoms with Gasteiger partial charge in [0.1, 0.15) is 0 Å². The summed E-state index contributed by atoms with van der Waals surface area (Å²) in [7, 11) is 0. The quantitative estimate of drug-likeness (QED) is 0.524. The summed E-state index contributed by atoms with van der Waals surface area (Å²) in [4.78, 5) is 0. The first-order valence-electron chi connectivity index (χ1n) is 7.62. The molecule has 0 radical (unpaired) electrons. The van der Waals surface area contributed by atoms with E-state index in [2.05, 4.69) is 55.4 Å². The van der Waals surface area contributed by atoms with E-state index in [1.54, 1.807) is 0 Å². The van der Waals surface area contributed by atoms with Gasteiger partial charge in [0.15, 0.2) is 0 Å². The predicted octanol–water partition coefficient (Wildman–Crippen LogP) is 5.91. The van der Waals surface area contributed by atoms with Crippen LogP contribution in [0.5, 0.6) is 0 Å². The highest BCUT2D eigenvalue weighted by molar-refractivity contribution is 5.00. The maximum absolute atomic E-state index is 2.53. The van der Waals surface area contributed by atoms with Crippen molar-refractivity contribution >= 4 is 0 Å². The summed E-state index contributed by atoms with van der Waals surface area (Å²) in [6.07, 6.45) is 5.43. The van der Waals surface area contributed by atoms with Crippen molar-refractivity contribution in [1.82, 2.24) is 0 Å². The van der Waals surface area contributed by atoms with Gasteiger partial charge in [-0.2, -0.15) is 0 Å². The highest BCUT2D eigenvalue weighted by Gasteiger charge is 2.51. The number of rotatable bonds is 2. The normalized spacial score (nSPS) is 40.9. The second-order valence-electron chi connectivity index (χ2n) is 7.93. The fourth-order valence-electron chi connectivity index (χ4n) is 4.26. The summed E-state index contributed by atoms with van der Waals surface area (Å²) in [6.45, 7) is 19.8. The summed E-state index contributed by atoms with van der Waals surface area (Å²) < 4.78 is 0. The van der Waals surface area contributed by atoms with Crippen LogP contribution in [0.4, 0.5) is 0 Å². The van der Waals surface area contributed by atoms with Crippen molar-refractivity contribution in [2.45, 2.75) is 81.1 Å². The summed E-state index contributed by atoms with van der Waals surface area (Å²) in [5.74, 6) is 1.68. The van der Waals surface area contributed by atoms with Crippen molar-refractivity contribution in [3.8, 4) is 0 Å². The Morgan fingerprint density at radius 2 is 1.47 bits per heavy atom. The predicted molar refractivity (Wildman–Crippen MR) is 78.1 cm³/mol. The lowest BCUT2D eigenvalue weighted by atomic mass is 9.55. The minimum Gasteiger partial charge on any atom is -0.0651 e. The third kappa shape index (κ3) is 2.29. The van der Waals surface area contributed by atoms with E-state index in [1.165, 1.54) is 25.7 Å². The van der Waals surface area contributed by atoms with Gasteiger partial charge < -0.3 is 0 Å². The van der Waals surface area contributed by atoms with Gasteiger partial charge in [-0.3, -0.25) is 0 Å². The molecule has 0 heteroatoms. The summed E-state index contributed by atoms with van der Waals surface area (Å²) in [5, 5.41) is 0. The fourth-order valence-corrected chi connectivity index (χ4v) is 4.26. The third-order valence-electron chi connectivity index (χ3n) is 6.86. The van der Waals surface area contributed by atoms with E-state index in [0.29, 0.717) is 16.2 Å². The van der Waals surface area contributed by atoms with E-state index in [0.717, 1.165) is 11.8 Å².